The van der Waals surface area contributed by atoms with Crippen LogP contribution < -0.4 is 5.32 Å². The first-order valence-electron chi connectivity index (χ1n) is 3.03. The van der Waals surface area contributed by atoms with Gasteiger partial charge in [0.25, 0.3) is 0 Å². The Morgan fingerprint density at radius 3 is 3.00 bits per heavy atom. The van der Waals surface area contributed by atoms with Crippen molar-refractivity contribution < 1.29 is 9.53 Å². The number of carbonyl (C=O) groups excluding carboxylic acids is 1. The van der Waals surface area contributed by atoms with Crippen LogP contribution in [-0.4, -0.2) is 26.2 Å². The van der Waals surface area contributed by atoms with Crippen molar-refractivity contribution in [1.29, 1.82) is 0 Å². The second kappa shape index (κ2) is 6.12. The molecule has 0 atom stereocenters. The van der Waals surface area contributed by atoms with Gasteiger partial charge in [-0.3, -0.25) is 4.79 Å². The molecule has 1 amide bonds. The molecule has 0 saturated carbocycles. The van der Waals surface area contributed by atoms with Gasteiger partial charge >= 0.3 is 0 Å². The number of nitrogens with one attached hydrogen (secondary N) is 1. The van der Waals surface area contributed by atoms with Gasteiger partial charge in [0.1, 0.15) is 6.61 Å². The molecule has 0 bridgehead atoms. The highest BCUT2D eigenvalue weighted by atomic mass is 16.5. The van der Waals surface area contributed by atoms with Crippen LogP contribution in [0.5, 0.6) is 0 Å². The number of terminal acetylenes is 1. The molecule has 0 heterocycles. The van der Waals surface area contributed by atoms with Crippen LogP contribution in [0.1, 0.15) is 6.42 Å². The Kier molecular flexibility index (Phi) is 5.50. The molecular weight excluding hydrogens is 130 g/mol. The standard InChI is InChI=1S/C7H11NO2/c1-3-5-10-6-4-7(9)8-2/h1H,4-6H2,2H3,(H,8,9). The molecule has 0 aliphatic carbocycles. The van der Waals surface area contributed by atoms with E-state index in [1.54, 1.807) is 7.05 Å². The minimum Gasteiger partial charge on any atom is -0.368 e. The van der Waals surface area contributed by atoms with Gasteiger partial charge in [-0.2, -0.15) is 0 Å². The number of ether oxygens (including phenoxy) is 1. The van der Waals surface area contributed by atoms with Crippen LogP contribution in [0.25, 0.3) is 0 Å². The summed E-state index contributed by atoms with van der Waals surface area (Å²) in [6, 6.07) is 0. The van der Waals surface area contributed by atoms with E-state index in [4.69, 9.17) is 11.2 Å². The highest BCUT2D eigenvalue weighted by Crippen LogP contribution is 1.80. The lowest BCUT2D eigenvalue weighted by molar-refractivity contribution is -0.121. The fourth-order valence-corrected chi connectivity index (χ4v) is 0.421. The van der Waals surface area contributed by atoms with E-state index < -0.39 is 0 Å². The summed E-state index contributed by atoms with van der Waals surface area (Å²) >= 11 is 0. The summed E-state index contributed by atoms with van der Waals surface area (Å²) in [5.74, 6) is 2.27. The van der Waals surface area contributed by atoms with E-state index in [0.29, 0.717) is 13.0 Å². The number of carbonyl (C=O) groups is 1. The third kappa shape index (κ3) is 5.13. The molecular formula is C7H11NO2. The Morgan fingerprint density at radius 2 is 2.50 bits per heavy atom. The molecule has 0 aliphatic rings. The molecule has 3 nitrogen and oxygen atoms in total. The summed E-state index contributed by atoms with van der Waals surface area (Å²) in [5, 5.41) is 2.47. The zero-order valence-corrected chi connectivity index (χ0v) is 6.02. The van der Waals surface area contributed by atoms with Gasteiger partial charge in [0.15, 0.2) is 0 Å². The van der Waals surface area contributed by atoms with Gasteiger partial charge in [-0.25, -0.2) is 0 Å². The Bertz CT molecular complexity index is 137. The van der Waals surface area contributed by atoms with Crippen molar-refractivity contribution >= 4 is 5.91 Å². The fraction of sp³-hybridized carbons (Fsp3) is 0.571. The fourth-order valence-electron chi connectivity index (χ4n) is 0.421. The summed E-state index contributed by atoms with van der Waals surface area (Å²) in [6.45, 7) is 0.668. The number of rotatable bonds is 4. The summed E-state index contributed by atoms with van der Waals surface area (Å²) in [7, 11) is 1.59. The van der Waals surface area contributed by atoms with Gasteiger partial charge in [0, 0.05) is 13.5 Å². The Hall–Kier alpha value is -1.01. The van der Waals surface area contributed by atoms with E-state index in [-0.39, 0.29) is 12.5 Å². The Morgan fingerprint density at radius 1 is 1.80 bits per heavy atom. The maximum absolute atomic E-state index is 10.5. The van der Waals surface area contributed by atoms with Crippen LogP contribution >= 0.6 is 0 Å². The molecule has 0 radical (unpaired) electrons. The molecule has 0 unspecified atom stereocenters. The SMILES string of the molecule is C#CCOCCC(=O)NC. The number of amides is 1. The summed E-state index contributed by atoms with van der Waals surface area (Å²) in [5.41, 5.74) is 0. The summed E-state index contributed by atoms with van der Waals surface area (Å²) in [6.07, 6.45) is 5.28. The largest absolute Gasteiger partial charge is 0.368 e. The van der Waals surface area contributed by atoms with Crippen molar-refractivity contribution in [2.75, 3.05) is 20.3 Å². The Balaban J connectivity index is 3.05. The van der Waals surface area contributed by atoms with E-state index in [0.717, 1.165) is 0 Å². The van der Waals surface area contributed by atoms with Crippen LogP contribution in [0, 0.1) is 12.3 Å². The maximum atomic E-state index is 10.5. The average Bonchev–Trinajstić information content (AvgIpc) is 1.98. The molecule has 0 rings (SSSR count). The van der Waals surface area contributed by atoms with Crippen LogP contribution in [0.3, 0.4) is 0 Å². The zero-order valence-electron chi connectivity index (χ0n) is 6.02. The third-order valence-electron chi connectivity index (χ3n) is 0.938. The van der Waals surface area contributed by atoms with Crippen LogP contribution in [0.15, 0.2) is 0 Å². The topological polar surface area (TPSA) is 38.3 Å². The van der Waals surface area contributed by atoms with E-state index in [1.165, 1.54) is 0 Å². The van der Waals surface area contributed by atoms with E-state index in [9.17, 15) is 4.79 Å². The predicted molar refractivity (Wildman–Crippen MR) is 38.3 cm³/mol. The quantitative estimate of drug-likeness (QED) is 0.434. The van der Waals surface area contributed by atoms with Crippen molar-refractivity contribution in [3.63, 3.8) is 0 Å². The lowest BCUT2D eigenvalue weighted by Crippen LogP contribution is -2.19. The predicted octanol–water partition coefficient (Wildman–Crippen LogP) is -0.228. The molecule has 56 valence electrons. The first-order valence-corrected chi connectivity index (χ1v) is 3.03. The lowest BCUT2D eigenvalue weighted by atomic mass is 10.4. The molecule has 0 aliphatic heterocycles. The van der Waals surface area contributed by atoms with Gasteiger partial charge in [-0.1, -0.05) is 5.92 Å². The van der Waals surface area contributed by atoms with Crippen molar-refractivity contribution in [3.8, 4) is 12.3 Å². The Labute approximate surface area is 60.8 Å². The van der Waals surface area contributed by atoms with Crippen LogP contribution in [-0.2, 0) is 9.53 Å². The molecule has 0 saturated heterocycles. The van der Waals surface area contributed by atoms with Gasteiger partial charge < -0.3 is 10.1 Å². The minimum absolute atomic E-state index is 0.0305. The van der Waals surface area contributed by atoms with E-state index in [1.807, 2.05) is 0 Å². The third-order valence-corrected chi connectivity index (χ3v) is 0.938. The summed E-state index contributed by atoms with van der Waals surface area (Å²) < 4.78 is 4.86. The average molecular weight is 141 g/mol. The number of hydrogen-bond donors (Lipinski definition) is 1. The van der Waals surface area contributed by atoms with E-state index in [2.05, 4.69) is 11.2 Å². The second-order valence-corrected chi connectivity index (χ2v) is 1.68. The van der Waals surface area contributed by atoms with Crippen LogP contribution in [0.4, 0.5) is 0 Å². The molecule has 0 spiro atoms. The molecule has 0 aromatic rings. The zero-order chi connectivity index (χ0) is 7.82. The van der Waals surface area contributed by atoms with E-state index >= 15 is 0 Å². The summed E-state index contributed by atoms with van der Waals surface area (Å²) in [4.78, 5) is 10.5. The highest BCUT2D eigenvalue weighted by molar-refractivity contribution is 5.75. The second-order valence-electron chi connectivity index (χ2n) is 1.68. The van der Waals surface area contributed by atoms with Gasteiger partial charge in [-0.15, -0.1) is 6.42 Å². The van der Waals surface area contributed by atoms with Crippen molar-refractivity contribution in [3.05, 3.63) is 0 Å². The highest BCUT2D eigenvalue weighted by Gasteiger charge is 1.94. The van der Waals surface area contributed by atoms with Gasteiger partial charge in [0.2, 0.25) is 5.91 Å². The molecule has 0 fully saturated rings. The van der Waals surface area contributed by atoms with Crippen molar-refractivity contribution in [2.45, 2.75) is 6.42 Å². The van der Waals surface area contributed by atoms with Gasteiger partial charge in [0.05, 0.1) is 6.61 Å². The smallest absolute Gasteiger partial charge is 0.222 e. The molecule has 1 N–H and O–H groups in total. The molecule has 0 aromatic carbocycles. The molecule has 3 heteroatoms. The normalized spacial score (nSPS) is 8.40. The van der Waals surface area contributed by atoms with Crippen molar-refractivity contribution in [1.82, 2.24) is 5.32 Å². The first-order chi connectivity index (χ1) is 4.81. The number of hydrogen-bond acceptors (Lipinski definition) is 2. The first kappa shape index (κ1) is 8.99. The maximum Gasteiger partial charge on any atom is 0.222 e. The monoisotopic (exact) mass is 141 g/mol. The van der Waals surface area contributed by atoms with Crippen LogP contribution in [0.2, 0.25) is 0 Å². The van der Waals surface area contributed by atoms with Crippen molar-refractivity contribution in [2.24, 2.45) is 0 Å². The lowest BCUT2D eigenvalue weighted by Gasteiger charge is -1.97. The molecule has 10 heavy (non-hydrogen) atoms. The molecule has 0 aromatic heterocycles. The van der Waals surface area contributed by atoms with Gasteiger partial charge in [-0.05, 0) is 0 Å². The minimum atomic E-state index is -0.0305.